The van der Waals surface area contributed by atoms with Gasteiger partial charge in [0.05, 0.1) is 0 Å². The van der Waals surface area contributed by atoms with Crippen LogP contribution in [0.15, 0.2) is 4.99 Å². The van der Waals surface area contributed by atoms with Gasteiger partial charge in [0.25, 0.3) is 0 Å². The number of hydrogen-bond donors (Lipinski definition) is 2. The van der Waals surface area contributed by atoms with Gasteiger partial charge in [-0.3, -0.25) is 9.79 Å². The van der Waals surface area contributed by atoms with E-state index in [1.165, 1.54) is 38.5 Å². The average Bonchev–Trinajstić information content (AvgIpc) is 3.20. The Balaban J connectivity index is 0.00000288. The highest BCUT2D eigenvalue weighted by atomic mass is 127. The van der Waals surface area contributed by atoms with Crippen LogP contribution in [-0.2, 0) is 4.79 Å². The predicted octanol–water partition coefficient (Wildman–Crippen LogP) is 3.14. The van der Waals surface area contributed by atoms with Crippen molar-refractivity contribution >= 4 is 35.8 Å². The second-order valence-electron chi connectivity index (χ2n) is 6.82. The standard InChI is InChI=1S/C18H34N4O.HI/c1-2-19-18(20-12-5-10-16-8-3-4-9-16)21-13-7-15-22-14-6-11-17(22)23;/h16H,2-15H2,1H3,(H2,19,20,21);1H. The first-order valence-electron chi connectivity index (χ1n) is 9.59. The van der Waals surface area contributed by atoms with E-state index >= 15 is 0 Å². The molecule has 0 spiro atoms. The lowest BCUT2D eigenvalue weighted by Crippen LogP contribution is -2.38. The molecule has 1 saturated heterocycles. The Labute approximate surface area is 164 Å². The minimum atomic E-state index is 0. The molecule has 2 aliphatic rings. The Kier molecular flexibility index (Phi) is 11.5. The number of guanidine groups is 1. The molecule has 0 aromatic carbocycles. The van der Waals surface area contributed by atoms with Gasteiger partial charge in [-0.15, -0.1) is 24.0 Å². The van der Waals surface area contributed by atoms with Crippen molar-refractivity contribution in [3.8, 4) is 0 Å². The molecule has 1 heterocycles. The van der Waals surface area contributed by atoms with E-state index in [4.69, 9.17) is 0 Å². The maximum absolute atomic E-state index is 11.6. The van der Waals surface area contributed by atoms with Crippen LogP contribution in [0.25, 0.3) is 0 Å². The fourth-order valence-corrected chi connectivity index (χ4v) is 3.63. The lowest BCUT2D eigenvalue weighted by atomic mass is 10.0. The molecule has 1 saturated carbocycles. The van der Waals surface area contributed by atoms with Gasteiger partial charge in [-0.25, -0.2) is 0 Å². The van der Waals surface area contributed by atoms with Gasteiger partial charge >= 0.3 is 0 Å². The first-order chi connectivity index (χ1) is 11.3. The Morgan fingerprint density at radius 2 is 2.00 bits per heavy atom. The van der Waals surface area contributed by atoms with Gasteiger partial charge in [0.15, 0.2) is 5.96 Å². The van der Waals surface area contributed by atoms with Crippen molar-refractivity contribution in [1.29, 1.82) is 0 Å². The van der Waals surface area contributed by atoms with Crippen molar-refractivity contribution in [2.75, 3.05) is 32.7 Å². The van der Waals surface area contributed by atoms with Crippen LogP contribution < -0.4 is 10.6 Å². The van der Waals surface area contributed by atoms with E-state index in [-0.39, 0.29) is 24.0 Å². The fraction of sp³-hybridized carbons (Fsp3) is 0.889. The number of halogens is 1. The van der Waals surface area contributed by atoms with Gasteiger partial charge in [-0.2, -0.15) is 0 Å². The second-order valence-corrected chi connectivity index (χ2v) is 6.82. The second kappa shape index (κ2) is 12.8. The van der Waals surface area contributed by atoms with Crippen LogP contribution in [-0.4, -0.2) is 49.5 Å². The molecule has 1 aliphatic carbocycles. The van der Waals surface area contributed by atoms with E-state index in [0.29, 0.717) is 5.91 Å². The highest BCUT2D eigenvalue weighted by molar-refractivity contribution is 14.0. The number of amides is 1. The van der Waals surface area contributed by atoms with E-state index in [9.17, 15) is 4.79 Å². The van der Waals surface area contributed by atoms with Crippen LogP contribution in [0.5, 0.6) is 0 Å². The van der Waals surface area contributed by atoms with Crippen LogP contribution >= 0.6 is 24.0 Å². The van der Waals surface area contributed by atoms with E-state index in [1.807, 2.05) is 4.90 Å². The molecule has 5 nitrogen and oxygen atoms in total. The monoisotopic (exact) mass is 450 g/mol. The molecule has 0 bridgehead atoms. The summed E-state index contributed by atoms with van der Waals surface area (Å²) in [7, 11) is 0. The van der Waals surface area contributed by atoms with Crippen molar-refractivity contribution in [2.24, 2.45) is 10.9 Å². The molecule has 0 atom stereocenters. The summed E-state index contributed by atoms with van der Waals surface area (Å²) in [5.41, 5.74) is 0. The number of nitrogens with one attached hydrogen (secondary N) is 2. The maximum atomic E-state index is 11.6. The Morgan fingerprint density at radius 3 is 2.67 bits per heavy atom. The SMILES string of the molecule is CCNC(=NCCCN1CCCC1=O)NCCCC1CCCC1.I. The molecule has 2 rings (SSSR count). The topological polar surface area (TPSA) is 56.7 Å². The number of rotatable bonds is 9. The Morgan fingerprint density at radius 1 is 1.21 bits per heavy atom. The first kappa shape index (κ1) is 21.5. The fourth-order valence-electron chi connectivity index (χ4n) is 3.63. The van der Waals surface area contributed by atoms with Crippen molar-refractivity contribution in [3.05, 3.63) is 0 Å². The summed E-state index contributed by atoms with van der Waals surface area (Å²) in [6.45, 7) is 6.55. The summed E-state index contributed by atoms with van der Waals surface area (Å²) in [4.78, 5) is 18.1. The maximum Gasteiger partial charge on any atom is 0.222 e. The molecule has 24 heavy (non-hydrogen) atoms. The van der Waals surface area contributed by atoms with E-state index in [2.05, 4.69) is 22.5 Å². The lowest BCUT2D eigenvalue weighted by Gasteiger charge is -2.15. The van der Waals surface area contributed by atoms with Crippen molar-refractivity contribution in [2.45, 2.75) is 64.7 Å². The minimum Gasteiger partial charge on any atom is -0.357 e. The number of hydrogen-bond acceptors (Lipinski definition) is 2. The zero-order valence-corrected chi connectivity index (χ0v) is 17.5. The smallest absolute Gasteiger partial charge is 0.222 e. The molecule has 2 fully saturated rings. The Hall–Kier alpha value is -0.530. The predicted molar refractivity (Wildman–Crippen MR) is 111 cm³/mol. The lowest BCUT2D eigenvalue weighted by molar-refractivity contribution is -0.127. The minimum absolute atomic E-state index is 0. The van der Waals surface area contributed by atoms with Crippen LogP contribution in [0.1, 0.15) is 64.7 Å². The largest absolute Gasteiger partial charge is 0.357 e. The zero-order valence-electron chi connectivity index (χ0n) is 15.2. The first-order valence-corrected chi connectivity index (χ1v) is 9.59. The van der Waals surface area contributed by atoms with Gasteiger partial charge in [-0.1, -0.05) is 25.7 Å². The molecule has 2 N–H and O–H groups in total. The molecule has 140 valence electrons. The summed E-state index contributed by atoms with van der Waals surface area (Å²) in [6, 6.07) is 0. The zero-order chi connectivity index (χ0) is 16.3. The van der Waals surface area contributed by atoms with Crippen LogP contribution in [0, 0.1) is 5.92 Å². The molecule has 6 heteroatoms. The quantitative estimate of drug-likeness (QED) is 0.246. The van der Waals surface area contributed by atoms with Gasteiger partial charge in [0, 0.05) is 39.1 Å². The van der Waals surface area contributed by atoms with Gasteiger partial charge in [-0.05, 0) is 38.5 Å². The highest BCUT2D eigenvalue weighted by Crippen LogP contribution is 2.28. The van der Waals surface area contributed by atoms with E-state index in [0.717, 1.165) is 63.9 Å². The third-order valence-electron chi connectivity index (χ3n) is 4.93. The molecule has 0 aromatic heterocycles. The van der Waals surface area contributed by atoms with Crippen molar-refractivity contribution < 1.29 is 4.79 Å². The molecular weight excluding hydrogens is 415 g/mol. The molecule has 1 amide bonds. The van der Waals surface area contributed by atoms with Crippen molar-refractivity contribution in [3.63, 3.8) is 0 Å². The number of carbonyl (C=O) groups is 1. The van der Waals surface area contributed by atoms with Gasteiger partial charge < -0.3 is 15.5 Å². The van der Waals surface area contributed by atoms with Gasteiger partial charge in [0.2, 0.25) is 5.91 Å². The van der Waals surface area contributed by atoms with Gasteiger partial charge in [0.1, 0.15) is 0 Å². The highest BCUT2D eigenvalue weighted by Gasteiger charge is 2.18. The molecule has 1 aliphatic heterocycles. The van der Waals surface area contributed by atoms with E-state index < -0.39 is 0 Å². The normalized spacial score (nSPS) is 18.8. The average molecular weight is 450 g/mol. The third kappa shape index (κ3) is 8.03. The van der Waals surface area contributed by atoms with Crippen LogP contribution in [0.2, 0.25) is 0 Å². The summed E-state index contributed by atoms with van der Waals surface area (Å²) in [5, 5.41) is 6.75. The van der Waals surface area contributed by atoms with E-state index in [1.54, 1.807) is 0 Å². The third-order valence-corrected chi connectivity index (χ3v) is 4.93. The molecule has 0 aromatic rings. The Bertz CT molecular complexity index is 383. The summed E-state index contributed by atoms with van der Waals surface area (Å²) in [6.07, 6.45) is 11.0. The summed E-state index contributed by atoms with van der Waals surface area (Å²) in [5.74, 6) is 2.20. The number of aliphatic imine (C=N–C) groups is 1. The number of likely N-dealkylation sites (tertiary alicyclic amines) is 1. The summed E-state index contributed by atoms with van der Waals surface area (Å²) < 4.78 is 0. The van der Waals surface area contributed by atoms with Crippen LogP contribution in [0.3, 0.4) is 0 Å². The van der Waals surface area contributed by atoms with Crippen LogP contribution in [0.4, 0.5) is 0 Å². The number of carbonyl (C=O) groups excluding carboxylic acids is 1. The van der Waals surface area contributed by atoms with Crippen molar-refractivity contribution in [1.82, 2.24) is 15.5 Å². The molecule has 0 radical (unpaired) electrons. The molecule has 0 unspecified atom stereocenters. The molecular formula is C18H35IN4O. The summed E-state index contributed by atoms with van der Waals surface area (Å²) >= 11 is 0. The number of nitrogens with zero attached hydrogens (tertiary/aromatic N) is 2.